The summed E-state index contributed by atoms with van der Waals surface area (Å²) in [6, 6.07) is 1.20. The number of rotatable bonds is 4. The summed E-state index contributed by atoms with van der Waals surface area (Å²) in [6.07, 6.45) is -2.15. The van der Waals surface area contributed by atoms with Crippen LogP contribution in [0.5, 0.6) is 0 Å². The number of morpholine rings is 1. The van der Waals surface area contributed by atoms with Gasteiger partial charge < -0.3 is 9.64 Å². The summed E-state index contributed by atoms with van der Waals surface area (Å²) >= 11 is 6.08. The normalized spacial score (nSPS) is 23.6. The van der Waals surface area contributed by atoms with Crippen LogP contribution in [-0.2, 0) is 21.1 Å². The van der Waals surface area contributed by atoms with Crippen molar-refractivity contribution in [1.29, 1.82) is 0 Å². The van der Waals surface area contributed by atoms with E-state index in [1.807, 2.05) is 4.90 Å². The van der Waals surface area contributed by atoms with Crippen LogP contribution in [0.25, 0.3) is 0 Å². The number of pyridine rings is 1. The number of piperazine rings is 1. The second-order valence-corrected chi connectivity index (χ2v) is 10.5. The third-order valence-corrected chi connectivity index (χ3v) is 8.64. The Kier molecular flexibility index (Phi) is 7.18. The Morgan fingerprint density at radius 3 is 2.12 bits per heavy atom. The molecule has 0 aromatic carbocycles. The molecule has 4 heterocycles. The molecule has 8 nitrogen and oxygen atoms in total. The summed E-state index contributed by atoms with van der Waals surface area (Å²) in [5.41, 5.74) is -0.858. The van der Waals surface area contributed by atoms with E-state index >= 15 is 0 Å². The van der Waals surface area contributed by atoms with Gasteiger partial charge in [-0.3, -0.25) is 4.90 Å². The molecule has 0 atom stereocenters. The average Bonchev–Trinajstić information content (AvgIpc) is 2.79. The molecule has 0 saturated carbocycles. The first-order chi connectivity index (χ1) is 15.2. The van der Waals surface area contributed by atoms with Crippen molar-refractivity contribution in [3.63, 3.8) is 0 Å². The fraction of sp³-hybridized carbons (Fsp3) is 0.737. The monoisotopic (exact) mass is 497 g/mol. The summed E-state index contributed by atoms with van der Waals surface area (Å²) in [5.74, 6) is 0.366. The Bertz CT molecular complexity index is 898. The zero-order valence-corrected chi connectivity index (χ0v) is 19.2. The Balaban J connectivity index is 1.29. The van der Waals surface area contributed by atoms with Gasteiger partial charge in [-0.05, 0) is 18.9 Å². The minimum Gasteiger partial charge on any atom is -0.379 e. The zero-order chi connectivity index (χ0) is 22.9. The van der Waals surface area contributed by atoms with Gasteiger partial charge in [0, 0.05) is 64.6 Å². The van der Waals surface area contributed by atoms with Crippen molar-refractivity contribution in [1.82, 2.24) is 18.5 Å². The van der Waals surface area contributed by atoms with Crippen LogP contribution in [0.2, 0.25) is 5.02 Å². The SMILES string of the molecule is O=S(=O)(N1CCOCC1)N1CCC(N2CCN(c3ncc(C(F)(F)F)cc3Cl)CC2)CC1. The lowest BCUT2D eigenvalue weighted by Crippen LogP contribution is -2.56. The Morgan fingerprint density at radius 2 is 1.56 bits per heavy atom. The maximum Gasteiger partial charge on any atom is 0.417 e. The fourth-order valence-corrected chi connectivity index (χ4v) is 6.39. The van der Waals surface area contributed by atoms with Gasteiger partial charge in [-0.2, -0.15) is 30.2 Å². The molecule has 0 unspecified atom stereocenters. The smallest absolute Gasteiger partial charge is 0.379 e. The lowest BCUT2D eigenvalue weighted by atomic mass is 10.0. The molecule has 1 aromatic heterocycles. The van der Waals surface area contributed by atoms with Gasteiger partial charge in [-0.1, -0.05) is 11.6 Å². The van der Waals surface area contributed by atoms with E-state index in [2.05, 4.69) is 9.88 Å². The van der Waals surface area contributed by atoms with Crippen LogP contribution >= 0.6 is 11.6 Å². The van der Waals surface area contributed by atoms with E-state index in [9.17, 15) is 21.6 Å². The van der Waals surface area contributed by atoms with Gasteiger partial charge in [0.15, 0.2) is 0 Å². The Hall–Kier alpha value is -1.18. The van der Waals surface area contributed by atoms with E-state index in [4.69, 9.17) is 16.3 Å². The molecule has 180 valence electrons. The van der Waals surface area contributed by atoms with Crippen molar-refractivity contribution in [3.05, 3.63) is 22.8 Å². The van der Waals surface area contributed by atoms with E-state index in [1.165, 1.54) is 4.31 Å². The standard InChI is InChI=1S/C19H27ClF3N5O3S/c20-17-13-15(19(21,22)23)14-24-18(17)26-7-5-25(6-8-26)16-1-3-27(4-2-16)32(29,30)28-9-11-31-12-10-28/h13-14,16H,1-12H2. The molecule has 3 aliphatic heterocycles. The first-order valence-electron chi connectivity index (χ1n) is 10.7. The summed E-state index contributed by atoms with van der Waals surface area (Å²) in [7, 11) is -3.45. The number of piperidine rings is 1. The Morgan fingerprint density at radius 1 is 0.969 bits per heavy atom. The van der Waals surface area contributed by atoms with E-state index in [0.717, 1.165) is 38.2 Å². The van der Waals surface area contributed by atoms with E-state index in [0.29, 0.717) is 58.3 Å². The molecule has 3 aliphatic rings. The molecule has 3 saturated heterocycles. The number of hydrogen-bond acceptors (Lipinski definition) is 6. The van der Waals surface area contributed by atoms with Crippen molar-refractivity contribution in [3.8, 4) is 0 Å². The largest absolute Gasteiger partial charge is 0.417 e. The number of aromatic nitrogens is 1. The van der Waals surface area contributed by atoms with Crippen LogP contribution < -0.4 is 4.90 Å². The zero-order valence-electron chi connectivity index (χ0n) is 17.6. The fourth-order valence-electron chi connectivity index (χ4n) is 4.50. The molecular formula is C19H27ClF3N5O3S. The van der Waals surface area contributed by atoms with E-state index < -0.39 is 21.9 Å². The van der Waals surface area contributed by atoms with Gasteiger partial charge in [-0.15, -0.1) is 0 Å². The second kappa shape index (κ2) is 9.59. The van der Waals surface area contributed by atoms with Crippen molar-refractivity contribution < 1.29 is 26.3 Å². The van der Waals surface area contributed by atoms with Gasteiger partial charge in [-0.25, -0.2) is 4.98 Å². The van der Waals surface area contributed by atoms with Crippen molar-refractivity contribution in [2.45, 2.75) is 25.1 Å². The van der Waals surface area contributed by atoms with Gasteiger partial charge in [0.2, 0.25) is 0 Å². The van der Waals surface area contributed by atoms with Crippen LogP contribution in [-0.4, -0.2) is 98.5 Å². The molecule has 32 heavy (non-hydrogen) atoms. The molecule has 0 aliphatic carbocycles. The molecule has 3 fully saturated rings. The highest BCUT2D eigenvalue weighted by Crippen LogP contribution is 2.34. The molecule has 0 radical (unpaired) electrons. The van der Waals surface area contributed by atoms with Crippen LogP contribution in [0.15, 0.2) is 12.3 Å². The number of alkyl halides is 3. The highest BCUT2D eigenvalue weighted by Gasteiger charge is 2.36. The van der Waals surface area contributed by atoms with Gasteiger partial charge in [0.25, 0.3) is 10.2 Å². The maximum atomic E-state index is 12.8. The Labute approximate surface area is 191 Å². The maximum absolute atomic E-state index is 12.8. The second-order valence-electron chi connectivity index (χ2n) is 8.20. The topological polar surface area (TPSA) is 69.2 Å². The van der Waals surface area contributed by atoms with Crippen molar-refractivity contribution in [2.24, 2.45) is 0 Å². The van der Waals surface area contributed by atoms with Crippen molar-refractivity contribution in [2.75, 3.05) is 70.5 Å². The number of anilines is 1. The van der Waals surface area contributed by atoms with Gasteiger partial charge in [0.05, 0.1) is 23.8 Å². The third-order valence-electron chi connectivity index (χ3n) is 6.33. The van der Waals surface area contributed by atoms with Crippen LogP contribution in [0.1, 0.15) is 18.4 Å². The molecule has 0 bridgehead atoms. The molecular weight excluding hydrogens is 471 g/mol. The van der Waals surface area contributed by atoms with Gasteiger partial charge >= 0.3 is 6.18 Å². The number of hydrogen-bond donors (Lipinski definition) is 0. The number of ether oxygens (including phenoxy) is 1. The quantitative estimate of drug-likeness (QED) is 0.633. The molecule has 4 rings (SSSR count). The van der Waals surface area contributed by atoms with Crippen LogP contribution in [0.4, 0.5) is 19.0 Å². The molecule has 0 amide bonds. The lowest BCUT2D eigenvalue weighted by Gasteiger charge is -2.43. The summed E-state index contributed by atoms with van der Waals surface area (Å²) in [6.45, 7) is 5.26. The first-order valence-corrected chi connectivity index (χ1v) is 12.5. The minimum absolute atomic E-state index is 0.00472. The van der Waals surface area contributed by atoms with Crippen molar-refractivity contribution >= 4 is 27.6 Å². The van der Waals surface area contributed by atoms with E-state index in [1.54, 1.807) is 4.31 Å². The molecule has 0 N–H and O–H groups in total. The number of halogens is 4. The third kappa shape index (κ3) is 5.15. The predicted octanol–water partition coefficient (Wildman–Crippen LogP) is 1.92. The summed E-state index contributed by atoms with van der Waals surface area (Å²) < 4.78 is 72.5. The van der Waals surface area contributed by atoms with Gasteiger partial charge in [0.1, 0.15) is 5.82 Å². The lowest BCUT2D eigenvalue weighted by molar-refractivity contribution is -0.137. The first kappa shape index (κ1) is 24.0. The molecule has 0 spiro atoms. The number of nitrogens with zero attached hydrogens (tertiary/aromatic N) is 5. The molecule has 1 aromatic rings. The summed E-state index contributed by atoms with van der Waals surface area (Å²) in [5, 5.41) is -0.00472. The van der Waals surface area contributed by atoms with E-state index in [-0.39, 0.29) is 11.1 Å². The average molecular weight is 498 g/mol. The summed E-state index contributed by atoms with van der Waals surface area (Å²) in [4.78, 5) is 8.18. The van der Waals surface area contributed by atoms with Crippen LogP contribution in [0.3, 0.4) is 0 Å². The predicted molar refractivity (Wildman–Crippen MR) is 114 cm³/mol. The highest BCUT2D eigenvalue weighted by molar-refractivity contribution is 7.86. The highest BCUT2D eigenvalue weighted by atomic mass is 35.5. The minimum atomic E-state index is -4.47. The molecule has 13 heteroatoms. The van der Waals surface area contributed by atoms with Crippen LogP contribution in [0, 0.1) is 0 Å².